The molecule has 0 bridgehead atoms. The average Bonchev–Trinajstić information content (AvgIpc) is 2.62. The second-order valence-corrected chi connectivity index (χ2v) is 6.08. The van der Waals surface area contributed by atoms with Crippen molar-refractivity contribution in [2.45, 2.75) is 19.9 Å². The lowest BCUT2D eigenvalue weighted by atomic mass is 10.2. The Morgan fingerprint density at radius 1 is 1.08 bits per heavy atom. The van der Waals surface area contributed by atoms with Crippen LogP contribution in [0.5, 0.6) is 0 Å². The number of aromatic nitrogens is 3. The molecule has 0 aliphatic carbocycles. The molecule has 0 atom stereocenters. The first kappa shape index (κ1) is 16.2. The summed E-state index contributed by atoms with van der Waals surface area (Å²) < 4.78 is 0. The van der Waals surface area contributed by atoms with Gasteiger partial charge in [-0.1, -0.05) is 0 Å². The van der Waals surface area contributed by atoms with Crippen LogP contribution in [0, 0.1) is 0 Å². The lowest BCUT2D eigenvalue weighted by Crippen LogP contribution is -2.47. The molecule has 0 radical (unpaired) electrons. The number of amides is 1. The summed E-state index contributed by atoms with van der Waals surface area (Å²) >= 11 is 0. The summed E-state index contributed by atoms with van der Waals surface area (Å²) in [7, 11) is 0. The highest BCUT2D eigenvalue weighted by atomic mass is 16.1. The molecular formula is C17H22N6O. The number of hydrogen-bond acceptors (Lipinski definition) is 6. The van der Waals surface area contributed by atoms with Gasteiger partial charge in [0.05, 0.1) is 17.4 Å². The van der Waals surface area contributed by atoms with Crippen molar-refractivity contribution in [1.82, 2.24) is 20.3 Å². The molecule has 2 aromatic heterocycles. The molecule has 1 amide bonds. The van der Waals surface area contributed by atoms with Crippen molar-refractivity contribution in [2.75, 3.05) is 36.0 Å². The number of rotatable bonds is 4. The number of carbonyl (C=O) groups is 1. The fourth-order valence-corrected chi connectivity index (χ4v) is 2.69. The van der Waals surface area contributed by atoms with E-state index in [0.717, 1.165) is 37.8 Å². The standard InChI is InChI=1S/C17H22N6O/c1-13(2)21-16(24)14-10-15(12-18-11-14)22-6-8-23(9-7-22)17-19-4-3-5-20-17/h3-5,10-13H,6-9H2,1-2H3,(H,21,24). The number of nitrogens with one attached hydrogen (secondary N) is 1. The van der Waals surface area contributed by atoms with Gasteiger partial charge in [-0.2, -0.15) is 0 Å². The molecule has 2 aromatic rings. The Kier molecular flexibility index (Phi) is 4.88. The molecular weight excluding hydrogens is 304 g/mol. The summed E-state index contributed by atoms with van der Waals surface area (Å²) in [6.07, 6.45) is 6.93. The van der Waals surface area contributed by atoms with E-state index >= 15 is 0 Å². The predicted molar refractivity (Wildman–Crippen MR) is 93.3 cm³/mol. The molecule has 0 saturated carbocycles. The molecule has 1 N–H and O–H groups in total. The molecule has 7 heteroatoms. The third-order valence-electron chi connectivity index (χ3n) is 3.89. The van der Waals surface area contributed by atoms with Crippen LogP contribution >= 0.6 is 0 Å². The molecule has 0 unspecified atom stereocenters. The second kappa shape index (κ2) is 7.25. The van der Waals surface area contributed by atoms with E-state index in [1.165, 1.54) is 0 Å². The van der Waals surface area contributed by atoms with Crippen LogP contribution < -0.4 is 15.1 Å². The SMILES string of the molecule is CC(C)NC(=O)c1cncc(N2CCN(c3ncccn3)CC2)c1. The largest absolute Gasteiger partial charge is 0.367 e. The average molecular weight is 326 g/mol. The monoisotopic (exact) mass is 326 g/mol. The molecule has 1 fully saturated rings. The number of pyridine rings is 1. The van der Waals surface area contributed by atoms with E-state index in [9.17, 15) is 4.79 Å². The molecule has 126 valence electrons. The van der Waals surface area contributed by atoms with Crippen molar-refractivity contribution in [2.24, 2.45) is 0 Å². The molecule has 1 saturated heterocycles. The summed E-state index contributed by atoms with van der Waals surface area (Å²) in [6.45, 7) is 7.25. The van der Waals surface area contributed by atoms with Gasteiger partial charge in [0.1, 0.15) is 0 Å². The second-order valence-electron chi connectivity index (χ2n) is 6.08. The van der Waals surface area contributed by atoms with Gasteiger partial charge in [0.15, 0.2) is 0 Å². The van der Waals surface area contributed by atoms with Crippen LogP contribution in [0.4, 0.5) is 11.6 Å². The van der Waals surface area contributed by atoms with Crippen molar-refractivity contribution in [3.05, 3.63) is 42.5 Å². The van der Waals surface area contributed by atoms with E-state index < -0.39 is 0 Å². The Balaban J connectivity index is 1.65. The third-order valence-corrected chi connectivity index (χ3v) is 3.89. The van der Waals surface area contributed by atoms with Crippen molar-refractivity contribution in [3.63, 3.8) is 0 Å². The van der Waals surface area contributed by atoms with Gasteiger partial charge in [-0.05, 0) is 26.0 Å². The Labute approximate surface area is 141 Å². The minimum Gasteiger partial charge on any atom is -0.367 e. The minimum absolute atomic E-state index is 0.0873. The lowest BCUT2D eigenvalue weighted by molar-refractivity contribution is 0.0943. The summed E-state index contributed by atoms with van der Waals surface area (Å²) in [5.74, 6) is 0.677. The molecule has 0 spiro atoms. The van der Waals surface area contributed by atoms with Crippen LogP contribution in [0.2, 0.25) is 0 Å². The van der Waals surface area contributed by atoms with Crippen LogP contribution in [-0.2, 0) is 0 Å². The van der Waals surface area contributed by atoms with Crippen LogP contribution in [0.15, 0.2) is 36.9 Å². The fraction of sp³-hybridized carbons (Fsp3) is 0.412. The van der Waals surface area contributed by atoms with Gasteiger partial charge >= 0.3 is 0 Å². The van der Waals surface area contributed by atoms with Gasteiger partial charge in [0.25, 0.3) is 5.91 Å². The van der Waals surface area contributed by atoms with Crippen LogP contribution in [0.25, 0.3) is 0 Å². The minimum atomic E-state index is -0.0873. The predicted octanol–water partition coefficient (Wildman–Crippen LogP) is 1.34. The van der Waals surface area contributed by atoms with Crippen LogP contribution in [0.1, 0.15) is 24.2 Å². The highest BCUT2D eigenvalue weighted by Crippen LogP contribution is 2.18. The van der Waals surface area contributed by atoms with Crippen molar-refractivity contribution in [1.29, 1.82) is 0 Å². The fourth-order valence-electron chi connectivity index (χ4n) is 2.69. The Hall–Kier alpha value is -2.70. The van der Waals surface area contributed by atoms with E-state index in [1.807, 2.05) is 26.0 Å². The zero-order valence-electron chi connectivity index (χ0n) is 14.0. The molecule has 3 heterocycles. The number of anilines is 2. The molecule has 1 aliphatic rings. The number of piperazine rings is 1. The van der Waals surface area contributed by atoms with Gasteiger partial charge in [-0.3, -0.25) is 9.78 Å². The number of carbonyl (C=O) groups excluding carboxylic acids is 1. The first-order valence-corrected chi connectivity index (χ1v) is 8.16. The first-order chi connectivity index (χ1) is 11.6. The highest BCUT2D eigenvalue weighted by Gasteiger charge is 2.20. The first-order valence-electron chi connectivity index (χ1n) is 8.16. The highest BCUT2D eigenvalue weighted by molar-refractivity contribution is 5.94. The molecule has 0 aromatic carbocycles. The van der Waals surface area contributed by atoms with Crippen molar-refractivity contribution >= 4 is 17.5 Å². The van der Waals surface area contributed by atoms with Gasteiger partial charge in [0, 0.05) is 50.8 Å². The normalized spacial score (nSPS) is 14.8. The van der Waals surface area contributed by atoms with E-state index in [-0.39, 0.29) is 11.9 Å². The number of hydrogen-bond donors (Lipinski definition) is 1. The van der Waals surface area contributed by atoms with E-state index in [2.05, 4.69) is 30.1 Å². The lowest BCUT2D eigenvalue weighted by Gasteiger charge is -2.35. The summed E-state index contributed by atoms with van der Waals surface area (Å²) in [5.41, 5.74) is 1.56. The molecule has 3 rings (SSSR count). The number of nitrogens with zero attached hydrogens (tertiary/aromatic N) is 5. The van der Waals surface area contributed by atoms with Crippen LogP contribution in [-0.4, -0.2) is 53.1 Å². The van der Waals surface area contributed by atoms with Gasteiger partial charge in [-0.15, -0.1) is 0 Å². The maximum Gasteiger partial charge on any atom is 0.253 e. The maximum atomic E-state index is 12.1. The Morgan fingerprint density at radius 3 is 2.42 bits per heavy atom. The van der Waals surface area contributed by atoms with Gasteiger partial charge in [-0.25, -0.2) is 9.97 Å². The smallest absolute Gasteiger partial charge is 0.253 e. The third kappa shape index (κ3) is 3.79. The zero-order valence-corrected chi connectivity index (χ0v) is 14.0. The van der Waals surface area contributed by atoms with Gasteiger partial charge < -0.3 is 15.1 Å². The van der Waals surface area contributed by atoms with E-state index in [4.69, 9.17) is 0 Å². The topological polar surface area (TPSA) is 74.2 Å². The van der Waals surface area contributed by atoms with Crippen molar-refractivity contribution in [3.8, 4) is 0 Å². The summed E-state index contributed by atoms with van der Waals surface area (Å²) in [5, 5.41) is 2.90. The zero-order chi connectivity index (χ0) is 16.9. The molecule has 7 nitrogen and oxygen atoms in total. The summed E-state index contributed by atoms with van der Waals surface area (Å²) in [4.78, 5) is 29.4. The molecule has 1 aliphatic heterocycles. The molecule has 24 heavy (non-hydrogen) atoms. The van der Waals surface area contributed by atoms with Crippen LogP contribution in [0.3, 0.4) is 0 Å². The van der Waals surface area contributed by atoms with Gasteiger partial charge in [0.2, 0.25) is 5.95 Å². The van der Waals surface area contributed by atoms with E-state index in [1.54, 1.807) is 24.8 Å². The van der Waals surface area contributed by atoms with Crippen molar-refractivity contribution < 1.29 is 4.79 Å². The Morgan fingerprint density at radius 2 is 1.75 bits per heavy atom. The Bertz CT molecular complexity index is 682. The maximum absolute atomic E-state index is 12.1. The quantitative estimate of drug-likeness (QED) is 0.914. The van der Waals surface area contributed by atoms with E-state index in [0.29, 0.717) is 5.56 Å². The summed E-state index contributed by atoms with van der Waals surface area (Å²) in [6, 6.07) is 3.83.